The van der Waals surface area contributed by atoms with Gasteiger partial charge in [0.25, 0.3) is 0 Å². The van der Waals surface area contributed by atoms with E-state index in [4.69, 9.17) is 21.1 Å². The van der Waals surface area contributed by atoms with Gasteiger partial charge in [-0.1, -0.05) is 53.7 Å². The van der Waals surface area contributed by atoms with Gasteiger partial charge in [0.15, 0.2) is 22.5 Å². The van der Waals surface area contributed by atoms with Crippen LogP contribution < -0.4 is 14.8 Å². The summed E-state index contributed by atoms with van der Waals surface area (Å²) in [6.45, 7) is 0.771. The number of fused-ring (bicyclic) bond motifs is 1. The Labute approximate surface area is 199 Å². The summed E-state index contributed by atoms with van der Waals surface area (Å²) >= 11 is 7.38. The van der Waals surface area contributed by atoms with E-state index in [1.165, 1.54) is 11.8 Å². The summed E-state index contributed by atoms with van der Waals surface area (Å²) in [5.74, 6) is 2.04. The maximum absolute atomic E-state index is 12.6. The van der Waals surface area contributed by atoms with Crippen molar-refractivity contribution < 1.29 is 14.3 Å². The van der Waals surface area contributed by atoms with E-state index in [0.29, 0.717) is 39.7 Å². The first-order valence-electron chi connectivity index (χ1n) is 10.2. The molecule has 33 heavy (non-hydrogen) atoms. The van der Waals surface area contributed by atoms with Crippen LogP contribution in [0.25, 0.3) is 11.4 Å². The zero-order chi connectivity index (χ0) is 22.6. The minimum Gasteiger partial charge on any atom is -0.454 e. The summed E-state index contributed by atoms with van der Waals surface area (Å²) in [7, 11) is 0. The highest BCUT2D eigenvalue weighted by Crippen LogP contribution is 2.34. The molecule has 2 heterocycles. The van der Waals surface area contributed by atoms with E-state index >= 15 is 0 Å². The van der Waals surface area contributed by atoms with Gasteiger partial charge in [-0.25, -0.2) is 0 Å². The van der Waals surface area contributed by atoms with Crippen LogP contribution in [0.2, 0.25) is 5.02 Å². The van der Waals surface area contributed by atoms with E-state index in [-0.39, 0.29) is 18.5 Å². The number of halogens is 1. The number of benzene rings is 3. The van der Waals surface area contributed by atoms with Crippen LogP contribution in [0.15, 0.2) is 78.0 Å². The summed E-state index contributed by atoms with van der Waals surface area (Å²) < 4.78 is 12.7. The molecule has 166 valence electrons. The van der Waals surface area contributed by atoms with Crippen molar-refractivity contribution in [1.82, 2.24) is 14.8 Å². The van der Waals surface area contributed by atoms with E-state index in [2.05, 4.69) is 15.5 Å². The van der Waals surface area contributed by atoms with Crippen LogP contribution in [0, 0.1) is 0 Å². The van der Waals surface area contributed by atoms with Gasteiger partial charge in [-0.05, 0) is 42.0 Å². The molecule has 1 aliphatic heterocycles. The molecule has 0 radical (unpaired) electrons. The van der Waals surface area contributed by atoms with E-state index in [1.807, 2.05) is 59.2 Å². The van der Waals surface area contributed by atoms with Crippen molar-refractivity contribution in [3.8, 4) is 22.9 Å². The highest BCUT2D eigenvalue weighted by Gasteiger charge is 2.18. The van der Waals surface area contributed by atoms with Crippen molar-refractivity contribution in [2.45, 2.75) is 11.7 Å². The van der Waals surface area contributed by atoms with Gasteiger partial charge in [0.05, 0.1) is 12.3 Å². The molecule has 0 aliphatic carbocycles. The quantitative estimate of drug-likeness (QED) is 0.372. The maximum Gasteiger partial charge on any atom is 0.234 e. The van der Waals surface area contributed by atoms with Crippen molar-refractivity contribution in [2.24, 2.45) is 0 Å². The van der Waals surface area contributed by atoms with Crippen molar-refractivity contribution in [1.29, 1.82) is 0 Å². The molecule has 3 aromatic carbocycles. The number of amides is 1. The number of carbonyl (C=O) groups is 1. The third-order valence-electron chi connectivity index (χ3n) is 4.99. The second kappa shape index (κ2) is 9.56. The average Bonchev–Trinajstić information content (AvgIpc) is 3.46. The van der Waals surface area contributed by atoms with Crippen LogP contribution in [0.4, 0.5) is 5.69 Å². The van der Waals surface area contributed by atoms with Crippen molar-refractivity contribution in [3.63, 3.8) is 0 Å². The number of ether oxygens (including phenoxy) is 2. The Kier molecular flexibility index (Phi) is 6.19. The van der Waals surface area contributed by atoms with E-state index < -0.39 is 0 Å². The standard InChI is InChI=1S/C24H19ClN4O3S/c25-18-8-6-17(7-9-18)23-27-28-24(29(23)13-16-4-2-1-3-5-16)33-14-22(30)26-19-10-11-20-21(12-19)32-15-31-20/h1-12H,13-15H2,(H,26,30). The SMILES string of the molecule is O=C(CSc1nnc(-c2ccc(Cl)cc2)n1Cc1ccccc1)Nc1ccc2c(c1)OCO2. The molecule has 0 fully saturated rings. The van der Waals surface area contributed by atoms with Crippen molar-refractivity contribution in [3.05, 3.63) is 83.4 Å². The van der Waals surface area contributed by atoms with Gasteiger partial charge in [0, 0.05) is 22.3 Å². The number of hydrogen-bond acceptors (Lipinski definition) is 6. The zero-order valence-corrected chi connectivity index (χ0v) is 19.0. The third kappa shape index (κ3) is 4.97. The van der Waals surface area contributed by atoms with E-state index in [9.17, 15) is 4.79 Å². The van der Waals surface area contributed by atoms with Gasteiger partial charge in [-0.3, -0.25) is 9.36 Å². The number of nitrogens with zero attached hydrogens (tertiary/aromatic N) is 3. The number of aromatic nitrogens is 3. The lowest BCUT2D eigenvalue weighted by Crippen LogP contribution is -2.14. The number of anilines is 1. The first kappa shape index (κ1) is 21.4. The Morgan fingerprint density at radius 3 is 2.61 bits per heavy atom. The predicted molar refractivity (Wildman–Crippen MR) is 128 cm³/mol. The molecule has 0 atom stereocenters. The zero-order valence-electron chi connectivity index (χ0n) is 17.4. The molecule has 5 rings (SSSR count). The fraction of sp³-hybridized carbons (Fsp3) is 0.125. The normalized spacial score (nSPS) is 12.0. The summed E-state index contributed by atoms with van der Waals surface area (Å²) in [6.07, 6.45) is 0. The maximum atomic E-state index is 12.6. The fourth-order valence-electron chi connectivity index (χ4n) is 3.42. The summed E-state index contributed by atoms with van der Waals surface area (Å²) in [6, 6.07) is 22.8. The molecule has 1 aliphatic rings. The van der Waals surface area contributed by atoms with Gasteiger partial charge >= 0.3 is 0 Å². The minimum atomic E-state index is -0.152. The first-order chi connectivity index (χ1) is 16.2. The lowest BCUT2D eigenvalue weighted by molar-refractivity contribution is -0.113. The topological polar surface area (TPSA) is 78.3 Å². The van der Waals surface area contributed by atoms with Crippen molar-refractivity contribution in [2.75, 3.05) is 17.9 Å². The molecule has 0 bridgehead atoms. The monoisotopic (exact) mass is 478 g/mol. The Morgan fingerprint density at radius 1 is 1.00 bits per heavy atom. The van der Waals surface area contributed by atoms with E-state index in [1.54, 1.807) is 18.2 Å². The highest BCUT2D eigenvalue weighted by atomic mass is 35.5. The molecule has 1 N–H and O–H groups in total. The average molecular weight is 479 g/mol. The number of nitrogens with one attached hydrogen (secondary N) is 1. The third-order valence-corrected chi connectivity index (χ3v) is 6.21. The molecule has 0 saturated heterocycles. The molecule has 0 saturated carbocycles. The molecule has 9 heteroatoms. The van der Waals surface area contributed by atoms with Crippen LogP contribution in [0.1, 0.15) is 5.56 Å². The molecule has 7 nitrogen and oxygen atoms in total. The molecule has 0 unspecified atom stereocenters. The first-order valence-corrected chi connectivity index (χ1v) is 11.6. The van der Waals surface area contributed by atoms with Crippen LogP contribution in [0.3, 0.4) is 0 Å². The van der Waals surface area contributed by atoms with Gasteiger partial charge < -0.3 is 14.8 Å². The van der Waals surface area contributed by atoms with Crippen molar-refractivity contribution >= 4 is 35.0 Å². The predicted octanol–water partition coefficient (Wildman–Crippen LogP) is 5.11. The summed E-state index contributed by atoms with van der Waals surface area (Å²) in [4.78, 5) is 12.6. The Hall–Kier alpha value is -3.49. The highest BCUT2D eigenvalue weighted by molar-refractivity contribution is 7.99. The molecule has 1 amide bonds. The number of rotatable bonds is 7. The second-order valence-corrected chi connectivity index (χ2v) is 8.67. The molecule has 0 spiro atoms. The smallest absolute Gasteiger partial charge is 0.234 e. The van der Waals surface area contributed by atoms with Gasteiger partial charge in [-0.15, -0.1) is 10.2 Å². The number of hydrogen-bond donors (Lipinski definition) is 1. The lowest BCUT2D eigenvalue weighted by atomic mass is 10.2. The van der Waals surface area contributed by atoms with Gasteiger partial charge in [0.1, 0.15) is 0 Å². The largest absolute Gasteiger partial charge is 0.454 e. The van der Waals surface area contributed by atoms with Gasteiger partial charge in [0.2, 0.25) is 12.7 Å². The minimum absolute atomic E-state index is 0.152. The van der Waals surface area contributed by atoms with Crippen LogP contribution in [-0.2, 0) is 11.3 Å². The van der Waals surface area contributed by atoms with Crippen LogP contribution in [-0.4, -0.2) is 33.2 Å². The molecule has 4 aromatic rings. The lowest BCUT2D eigenvalue weighted by Gasteiger charge is -2.11. The Bertz CT molecular complexity index is 1280. The Balaban J connectivity index is 1.33. The second-order valence-electron chi connectivity index (χ2n) is 7.29. The molecular weight excluding hydrogens is 460 g/mol. The van der Waals surface area contributed by atoms with Gasteiger partial charge in [-0.2, -0.15) is 0 Å². The van der Waals surface area contributed by atoms with Crippen LogP contribution >= 0.6 is 23.4 Å². The molecular formula is C24H19ClN4O3S. The Morgan fingerprint density at radius 2 is 1.79 bits per heavy atom. The molecule has 1 aromatic heterocycles. The summed E-state index contributed by atoms with van der Waals surface area (Å²) in [5.41, 5.74) is 2.66. The fourth-order valence-corrected chi connectivity index (χ4v) is 4.28. The number of thioether (sulfide) groups is 1. The summed E-state index contributed by atoms with van der Waals surface area (Å²) in [5, 5.41) is 13.0. The van der Waals surface area contributed by atoms with E-state index in [0.717, 1.165) is 11.1 Å². The van der Waals surface area contributed by atoms with Crippen LogP contribution in [0.5, 0.6) is 11.5 Å². The number of carbonyl (C=O) groups excluding carboxylic acids is 1.